The maximum Gasteiger partial charge on any atom is 0.283 e. The maximum atomic E-state index is 13.1. The molecular formula is C27H23Cl2N3O3. The molecule has 3 aromatic rings. The lowest BCUT2D eigenvalue weighted by Crippen LogP contribution is -2.32. The van der Waals surface area contributed by atoms with E-state index >= 15 is 0 Å². The van der Waals surface area contributed by atoms with Crippen molar-refractivity contribution < 1.29 is 14.4 Å². The van der Waals surface area contributed by atoms with Gasteiger partial charge in [0.05, 0.1) is 5.69 Å². The van der Waals surface area contributed by atoms with Crippen molar-refractivity contribution in [2.45, 2.75) is 26.7 Å². The molecule has 2 N–H and O–H groups in total. The fourth-order valence-corrected chi connectivity index (χ4v) is 4.07. The highest BCUT2D eigenvalue weighted by atomic mass is 35.5. The molecule has 0 saturated heterocycles. The van der Waals surface area contributed by atoms with Crippen LogP contribution in [0.3, 0.4) is 0 Å². The van der Waals surface area contributed by atoms with Gasteiger partial charge in [0.15, 0.2) is 0 Å². The van der Waals surface area contributed by atoms with Gasteiger partial charge in [-0.25, -0.2) is 4.90 Å². The van der Waals surface area contributed by atoms with E-state index in [2.05, 4.69) is 24.5 Å². The number of carbonyl (C=O) groups is 3. The third-order valence-corrected chi connectivity index (χ3v) is 6.25. The van der Waals surface area contributed by atoms with Crippen LogP contribution in [0.5, 0.6) is 0 Å². The molecule has 6 nitrogen and oxygen atoms in total. The Balaban J connectivity index is 1.53. The second-order valence-corrected chi connectivity index (χ2v) is 9.32. The van der Waals surface area contributed by atoms with Crippen molar-refractivity contribution in [2.75, 3.05) is 15.5 Å². The average molecular weight is 508 g/mol. The number of amides is 3. The SMILES string of the molecule is Cc1ccc(Cl)cc1N1C(=O)C(Cl)=C(Nc2cccc(C(=O)Nc3ccc(C(C)C)cc3)c2)C1=O. The summed E-state index contributed by atoms with van der Waals surface area (Å²) >= 11 is 12.3. The zero-order valence-electron chi connectivity index (χ0n) is 19.4. The molecular weight excluding hydrogens is 485 g/mol. The van der Waals surface area contributed by atoms with E-state index in [4.69, 9.17) is 23.2 Å². The van der Waals surface area contributed by atoms with E-state index in [1.165, 1.54) is 5.56 Å². The number of halogens is 2. The minimum Gasteiger partial charge on any atom is -0.350 e. The lowest BCUT2D eigenvalue weighted by Gasteiger charge is -2.18. The van der Waals surface area contributed by atoms with Gasteiger partial charge in [-0.1, -0.05) is 61.3 Å². The van der Waals surface area contributed by atoms with Crippen LogP contribution in [-0.2, 0) is 9.59 Å². The Morgan fingerprint density at radius 2 is 1.60 bits per heavy atom. The van der Waals surface area contributed by atoms with Crippen LogP contribution >= 0.6 is 23.2 Å². The first kappa shape index (κ1) is 24.5. The van der Waals surface area contributed by atoms with Crippen LogP contribution in [0.4, 0.5) is 17.1 Å². The first-order valence-electron chi connectivity index (χ1n) is 11.0. The number of nitrogens with one attached hydrogen (secondary N) is 2. The Labute approximate surface area is 213 Å². The molecule has 1 heterocycles. The topological polar surface area (TPSA) is 78.5 Å². The molecule has 35 heavy (non-hydrogen) atoms. The van der Waals surface area contributed by atoms with Gasteiger partial charge in [0.2, 0.25) is 0 Å². The van der Waals surface area contributed by atoms with E-state index in [0.29, 0.717) is 39.1 Å². The lowest BCUT2D eigenvalue weighted by atomic mass is 10.0. The van der Waals surface area contributed by atoms with E-state index in [0.717, 1.165) is 4.90 Å². The smallest absolute Gasteiger partial charge is 0.283 e. The standard InChI is InChI=1S/C27H23Cl2N3O3/c1-15(2)17-8-11-20(12-9-17)31-25(33)18-5-4-6-21(13-18)30-24-23(29)26(34)32(27(24)35)22-14-19(28)10-7-16(22)3/h4-15,30H,1-3H3,(H,31,33). The summed E-state index contributed by atoms with van der Waals surface area (Å²) in [4.78, 5) is 39.7. The molecule has 0 atom stereocenters. The molecule has 3 aromatic carbocycles. The quantitative estimate of drug-likeness (QED) is 0.375. The Bertz CT molecular complexity index is 1360. The molecule has 0 aliphatic carbocycles. The second-order valence-electron chi connectivity index (χ2n) is 8.50. The van der Waals surface area contributed by atoms with Crippen LogP contribution < -0.4 is 15.5 Å². The van der Waals surface area contributed by atoms with Crippen molar-refractivity contribution in [2.24, 2.45) is 0 Å². The number of benzene rings is 3. The van der Waals surface area contributed by atoms with Crippen LogP contribution in [0.2, 0.25) is 5.02 Å². The largest absolute Gasteiger partial charge is 0.350 e. The van der Waals surface area contributed by atoms with Crippen molar-refractivity contribution in [3.05, 3.63) is 99.2 Å². The maximum absolute atomic E-state index is 13.1. The van der Waals surface area contributed by atoms with Crippen LogP contribution in [0.1, 0.15) is 41.3 Å². The molecule has 0 bridgehead atoms. The molecule has 4 rings (SSSR count). The number of carbonyl (C=O) groups excluding carboxylic acids is 3. The Kier molecular flexibility index (Phi) is 6.96. The van der Waals surface area contributed by atoms with Crippen LogP contribution in [-0.4, -0.2) is 17.7 Å². The van der Waals surface area contributed by atoms with Gasteiger partial charge in [0, 0.05) is 22.0 Å². The zero-order valence-corrected chi connectivity index (χ0v) is 20.9. The van der Waals surface area contributed by atoms with E-state index in [1.807, 2.05) is 24.3 Å². The van der Waals surface area contributed by atoms with Gasteiger partial charge in [-0.15, -0.1) is 0 Å². The first-order chi connectivity index (χ1) is 16.7. The van der Waals surface area contributed by atoms with Crippen LogP contribution in [0.15, 0.2) is 77.5 Å². The normalized spacial score (nSPS) is 13.6. The first-order valence-corrected chi connectivity index (χ1v) is 11.7. The van der Waals surface area contributed by atoms with Crippen molar-refractivity contribution in [1.29, 1.82) is 0 Å². The molecule has 0 radical (unpaired) electrons. The van der Waals surface area contributed by atoms with Gasteiger partial charge in [-0.2, -0.15) is 0 Å². The van der Waals surface area contributed by atoms with Crippen molar-refractivity contribution in [3.63, 3.8) is 0 Å². The Morgan fingerprint density at radius 1 is 0.886 bits per heavy atom. The highest BCUT2D eigenvalue weighted by molar-refractivity contribution is 6.53. The number of anilines is 3. The number of rotatable bonds is 6. The van der Waals surface area contributed by atoms with E-state index in [-0.39, 0.29) is 16.6 Å². The van der Waals surface area contributed by atoms with E-state index in [1.54, 1.807) is 49.4 Å². The molecule has 0 aromatic heterocycles. The van der Waals surface area contributed by atoms with Crippen LogP contribution in [0.25, 0.3) is 0 Å². The number of hydrogen-bond acceptors (Lipinski definition) is 4. The lowest BCUT2D eigenvalue weighted by molar-refractivity contribution is -0.120. The van der Waals surface area contributed by atoms with E-state index < -0.39 is 11.8 Å². The van der Waals surface area contributed by atoms with Crippen molar-refractivity contribution in [1.82, 2.24) is 0 Å². The summed E-state index contributed by atoms with van der Waals surface area (Å²) in [5.41, 5.74) is 3.65. The highest BCUT2D eigenvalue weighted by Gasteiger charge is 2.39. The van der Waals surface area contributed by atoms with Gasteiger partial charge < -0.3 is 10.6 Å². The fraction of sp³-hybridized carbons (Fsp3) is 0.148. The number of imide groups is 1. The molecule has 1 aliphatic rings. The van der Waals surface area contributed by atoms with Gasteiger partial charge in [0.1, 0.15) is 10.7 Å². The molecule has 0 saturated carbocycles. The van der Waals surface area contributed by atoms with Gasteiger partial charge in [-0.3, -0.25) is 14.4 Å². The summed E-state index contributed by atoms with van der Waals surface area (Å²) in [6.45, 7) is 5.97. The number of hydrogen-bond donors (Lipinski definition) is 2. The summed E-state index contributed by atoms with van der Waals surface area (Å²) in [6.07, 6.45) is 0. The third-order valence-electron chi connectivity index (χ3n) is 5.67. The molecule has 1 aliphatic heterocycles. The predicted octanol–water partition coefficient (Wildman–Crippen LogP) is 6.46. The molecule has 8 heteroatoms. The molecule has 178 valence electrons. The summed E-state index contributed by atoms with van der Waals surface area (Å²) in [5.74, 6) is -1.17. The predicted molar refractivity (Wildman–Crippen MR) is 140 cm³/mol. The number of nitrogens with zero attached hydrogens (tertiary/aromatic N) is 1. The molecule has 3 amide bonds. The van der Waals surface area contributed by atoms with Gasteiger partial charge in [-0.05, 0) is 66.4 Å². The summed E-state index contributed by atoms with van der Waals surface area (Å²) < 4.78 is 0. The number of aryl methyl sites for hydroxylation is 1. The minimum atomic E-state index is -0.650. The monoisotopic (exact) mass is 507 g/mol. The highest BCUT2D eigenvalue weighted by Crippen LogP contribution is 2.33. The molecule has 0 unspecified atom stereocenters. The summed E-state index contributed by atoms with van der Waals surface area (Å²) in [5, 5.41) is 5.92. The third kappa shape index (κ3) is 5.09. The Morgan fingerprint density at radius 3 is 2.29 bits per heavy atom. The second kappa shape index (κ2) is 9.94. The average Bonchev–Trinajstić information content (AvgIpc) is 3.04. The molecule has 0 spiro atoms. The van der Waals surface area contributed by atoms with Crippen LogP contribution in [0, 0.1) is 6.92 Å². The summed E-state index contributed by atoms with van der Waals surface area (Å²) in [6, 6.07) is 19.2. The minimum absolute atomic E-state index is 0.0714. The van der Waals surface area contributed by atoms with Crippen molar-refractivity contribution >= 4 is 58.0 Å². The van der Waals surface area contributed by atoms with Crippen molar-refractivity contribution in [3.8, 4) is 0 Å². The zero-order chi connectivity index (χ0) is 25.3. The van der Waals surface area contributed by atoms with Gasteiger partial charge in [0.25, 0.3) is 17.7 Å². The summed E-state index contributed by atoms with van der Waals surface area (Å²) in [7, 11) is 0. The Hall–Kier alpha value is -3.61. The van der Waals surface area contributed by atoms with E-state index in [9.17, 15) is 14.4 Å². The van der Waals surface area contributed by atoms with Gasteiger partial charge >= 0.3 is 0 Å². The molecule has 0 fully saturated rings. The fourth-order valence-electron chi connectivity index (χ4n) is 3.69.